The molecule has 31 heavy (non-hydrogen) atoms. The second-order valence-corrected chi connectivity index (χ2v) is 9.09. The molecule has 3 aromatic carbocycles. The van der Waals surface area contributed by atoms with E-state index in [0.717, 1.165) is 5.56 Å². The molecule has 0 unspecified atom stereocenters. The Morgan fingerprint density at radius 2 is 1.61 bits per heavy atom. The standard InChI is InChI=1S/C23H21ClN2O4S/c1-16(27)18-8-5-9-20(15-18)25-23(28)22(14-17-6-3-2-4-7-17)26-31(29,30)21-12-10-19(24)11-13-21/h2-13,15,22,26H,14H2,1H3,(H,25,28)/t22-/m0/s1. The van der Waals surface area contributed by atoms with Crippen LogP contribution in [-0.4, -0.2) is 26.2 Å². The summed E-state index contributed by atoms with van der Waals surface area (Å²) in [6.07, 6.45) is 0.145. The molecule has 0 fully saturated rings. The average molecular weight is 457 g/mol. The first-order chi connectivity index (χ1) is 14.7. The molecule has 0 heterocycles. The van der Waals surface area contributed by atoms with Gasteiger partial charge in [0.1, 0.15) is 6.04 Å². The average Bonchev–Trinajstić information content (AvgIpc) is 2.74. The van der Waals surface area contributed by atoms with Crippen molar-refractivity contribution in [3.63, 3.8) is 0 Å². The Labute approximate surface area is 186 Å². The van der Waals surface area contributed by atoms with Gasteiger partial charge in [-0.3, -0.25) is 9.59 Å². The van der Waals surface area contributed by atoms with Crippen LogP contribution in [0.5, 0.6) is 0 Å². The van der Waals surface area contributed by atoms with E-state index in [-0.39, 0.29) is 17.1 Å². The summed E-state index contributed by atoms with van der Waals surface area (Å²) in [6, 6.07) is 20.2. The van der Waals surface area contributed by atoms with Crippen molar-refractivity contribution in [2.75, 3.05) is 5.32 Å². The van der Waals surface area contributed by atoms with Crippen LogP contribution in [0, 0.1) is 0 Å². The van der Waals surface area contributed by atoms with Crippen molar-refractivity contribution < 1.29 is 18.0 Å². The summed E-state index contributed by atoms with van der Waals surface area (Å²) < 4.78 is 28.2. The summed E-state index contributed by atoms with van der Waals surface area (Å²) in [5.41, 5.74) is 1.64. The molecule has 1 atom stereocenters. The monoisotopic (exact) mass is 456 g/mol. The van der Waals surface area contributed by atoms with Gasteiger partial charge in [-0.05, 0) is 55.3 Å². The highest BCUT2D eigenvalue weighted by Crippen LogP contribution is 2.17. The number of hydrogen-bond donors (Lipinski definition) is 2. The fraction of sp³-hybridized carbons (Fsp3) is 0.130. The maximum Gasteiger partial charge on any atom is 0.242 e. The number of halogens is 1. The molecule has 1 amide bonds. The van der Waals surface area contributed by atoms with Crippen LogP contribution in [0.1, 0.15) is 22.8 Å². The Balaban J connectivity index is 1.86. The lowest BCUT2D eigenvalue weighted by atomic mass is 10.1. The van der Waals surface area contributed by atoms with Crippen LogP contribution in [-0.2, 0) is 21.2 Å². The maximum atomic E-state index is 13.0. The summed E-state index contributed by atoms with van der Waals surface area (Å²) in [4.78, 5) is 24.6. The first kappa shape index (κ1) is 22.7. The predicted molar refractivity (Wildman–Crippen MR) is 121 cm³/mol. The Kier molecular flexibility index (Phi) is 7.22. The lowest BCUT2D eigenvalue weighted by Crippen LogP contribution is -2.45. The van der Waals surface area contributed by atoms with E-state index in [0.29, 0.717) is 16.3 Å². The summed E-state index contributed by atoms with van der Waals surface area (Å²) in [5.74, 6) is -0.678. The Morgan fingerprint density at radius 1 is 0.935 bits per heavy atom. The Hall–Kier alpha value is -3.00. The van der Waals surface area contributed by atoms with E-state index in [2.05, 4.69) is 10.0 Å². The first-order valence-corrected chi connectivity index (χ1v) is 11.3. The summed E-state index contributed by atoms with van der Waals surface area (Å²) >= 11 is 5.85. The first-order valence-electron chi connectivity index (χ1n) is 9.48. The number of anilines is 1. The maximum absolute atomic E-state index is 13.0. The highest BCUT2D eigenvalue weighted by Gasteiger charge is 2.26. The summed E-state index contributed by atoms with van der Waals surface area (Å²) in [7, 11) is -3.98. The third-order valence-corrected chi connectivity index (χ3v) is 6.30. The van der Waals surface area contributed by atoms with Crippen molar-refractivity contribution >= 4 is 39.0 Å². The van der Waals surface area contributed by atoms with E-state index in [4.69, 9.17) is 11.6 Å². The largest absolute Gasteiger partial charge is 0.325 e. The lowest BCUT2D eigenvalue weighted by Gasteiger charge is -2.19. The molecular weight excluding hydrogens is 436 g/mol. The molecule has 160 valence electrons. The zero-order valence-electron chi connectivity index (χ0n) is 16.7. The van der Waals surface area contributed by atoms with Crippen molar-refractivity contribution in [2.24, 2.45) is 0 Å². The van der Waals surface area contributed by atoms with Gasteiger partial charge in [0.2, 0.25) is 15.9 Å². The van der Waals surface area contributed by atoms with Crippen molar-refractivity contribution in [1.29, 1.82) is 0 Å². The SMILES string of the molecule is CC(=O)c1cccc(NC(=O)[C@H](Cc2ccccc2)NS(=O)(=O)c2ccc(Cl)cc2)c1. The smallest absolute Gasteiger partial charge is 0.242 e. The zero-order chi connectivity index (χ0) is 22.4. The molecule has 0 spiro atoms. The molecular formula is C23H21ClN2O4S. The molecule has 3 rings (SSSR count). The second-order valence-electron chi connectivity index (χ2n) is 6.94. The molecule has 6 nitrogen and oxygen atoms in total. The summed E-state index contributed by atoms with van der Waals surface area (Å²) in [5, 5.41) is 3.11. The minimum absolute atomic E-state index is 0.00124. The van der Waals surface area contributed by atoms with Crippen LogP contribution in [0.15, 0.2) is 83.8 Å². The fourth-order valence-corrected chi connectivity index (χ4v) is 4.27. The number of sulfonamides is 1. The van der Waals surface area contributed by atoms with Crippen LogP contribution >= 0.6 is 11.6 Å². The van der Waals surface area contributed by atoms with Crippen molar-refractivity contribution in [1.82, 2.24) is 4.72 Å². The number of ketones is 1. The van der Waals surface area contributed by atoms with Crippen molar-refractivity contribution in [3.8, 4) is 0 Å². The van der Waals surface area contributed by atoms with Gasteiger partial charge in [-0.25, -0.2) is 8.42 Å². The molecule has 0 aromatic heterocycles. The molecule has 8 heteroatoms. The molecule has 0 radical (unpaired) electrons. The number of benzene rings is 3. The third-order valence-electron chi connectivity index (χ3n) is 4.56. The van der Waals surface area contributed by atoms with Crippen LogP contribution < -0.4 is 10.0 Å². The number of rotatable bonds is 8. The van der Waals surface area contributed by atoms with Gasteiger partial charge < -0.3 is 5.32 Å². The second kappa shape index (κ2) is 9.87. The van der Waals surface area contributed by atoms with Gasteiger partial charge in [0, 0.05) is 16.3 Å². The highest BCUT2D eigenvalue weighted by molar-refractivity contribution is 7.89. The van der Waals surface area contributed by atoms with Gasteiger partial charge in [-0.1, -0.05) is 54.1 Å². The van der Waals surface area contributed by atoms with E-state index in [1.807, 2.05) is 30.3 Å². The minimum Gasteiger partial charge on any atom is -0.325 e. The number of amides is 1. The molecule has 0 bridgehead atoms. The van der Waals surface area contributed by atoms with Crippen LogP contribution in [0.3, 0.4) is 0 Å². The number of carbonyl (C=O) groups is 2. The van der Waals surface area contributed by atoms with E-state index in [1.54, 1.807) is 24.3 Å². The molecule has 0 saturated carbocycles. The topological polar surface area (TPSA) is 92.3 Å². The number of nitrogens with one attached hydrogen (secondary N) is 2. The molecule has 0 aliphatic carbocycles. The van der Waals surface area contributed by atoms with Gasteiger partial charge in [0.25, 0.3) is 0 Å². The van der Waals surface area contributed by atoms with Gasteiger partial charge in [0.05, 0.1) is 4.90 Å². The van der Waals surface area contributed by atoms with E-state index in [1.165, 1.54) is 31.2 Å². The van der Waals surface area contributed by atoms with Crippen LogP contribution in [0.25, 0.3) is 0 Å². The van der Waals surface area contributed by atoms with Crippen molar-refractivity contribution in [2.45, 2.75) is 24.3 Å². The zero-order valence-corrected chi connectivity index (χ0v) is 18.3. The Morgan fingerprint density at radius 3 is 2.26 bits per heavy atom. The van der Waals surface area contributed by atoms with Gasteiger partial charge in [-0.2, -0.15) is 4.72 Å². The minimum atomic E-state index is -3.98. The molecule has 3 aromatic rings. The molecule has 2 N–H and O–H groups in total. The third kappa shape index (κ3) is 6.24. The lowest BCUT2D eigenvalue weighted by molar-refractivity contribution is -0.117. The quantitative estimate of drug-likeness (QED) is 0.500. The van der Waals surface area contributed by atoms with Crippen molar-refractivity contribution in [3.05, 3.63) is 95.0 Å². The van der Waals surface area contributed by atoms with Gasteiger partial charge >= 0.3 is 0 Å². The summed E-state index contributed by atoms with van der Waals surface area (Å²) in [6.45, 7) is 1.43. The van der Waals surface area contributed by atoms with Gasteiger partial charge in [0.15, 0.2) is 5.78 Å². The molecule has 0 aliphatic heterocycles. The van der Waals surface area contributed by atoms with E-state index >= 15 is 0 Å². The number of Topliss-reactive ketones (excluding diaryl/α,β-unsaturated/α-hetero) is 1. The normalized spacial score (nSPS) is 12.2. The highest BCUT2D eigenvalue weighted by atomic mass is 35.5. The van der Waals surface area contributed by atoms with E-state index < -0.39 is 22.0 Å². The number of hydrogen-bond acceptors (Lipinski definition) is 4. The molecule has 0 aliphatic rings. The van der Waals surface area contributed by atoms with Crippen LogP contribution in [0.4, 0.5) is 5.69 Å². The van der Waals surface area contributed by atoms with Crippen LogP contribution in [0.2, 0.25) is 5.02 Å². The predicted octanol–water partition coefficient (Wildman–Crippen LogP) is 4.07. The van der Waals surface area contributed by atoms with Gasteiger partial charge in [-0.15, -0.1) is 0 Å². The Bertz CT molecular complexity index is 1180. The van der Waals surface area contributed by atoms with E-state index in [9.17, 15) is 18.0 Å². The molecule has 0 saturated heterocycles. The number of carbonyl (C=O) groups excluding carboxylic acids is 2. The fourth-order valence-electron chi connectivity index (χ4n) is 2.95.